The van der Waals surface area contributed by atoms with E-state index < -0.39 is 0 Å². The minimum atomic E-state index is -0.313. The molecule has 0 amide bonds. The third-order valence-electron chi connectivity index (χ3n) is 3.06. The summed E-state index contributed by atoms with van der Waals surface area (Å²) in [6, 6.07) is 3.77. The van der Waals surface area contributed by atoms with E-state index in [9.17, 15) is 4.39 Å². The lowest BCUT2D eigenvalue weighted by Gasteiger charge is -2.22. The molecular weight excluding hydrogens is 319 g/mol. The molecule has 0 radical (unpaired) electrons. The van der Waals surface area contributed by atoms with Crippen LogP contribution in [0.25, 0.3) is 0 Å². The predicted octanol–water partition coefficient (Wildman–Crippen LogP) is 3.82. The Kier molecular flexibility index (Phi) is 4.51. The molecule has 1 heterocycles. The van der Waals surface area contributed by atoms with E-state index in [1.807, 2.05) is 0 Å². The van der Waals surface area contributed by atoms with E-state index in [0.29, 0.717) is 17.1 Å². The molecule has 100 valence electrons. The van der Waals surface area contributed by atoms with Crippen molar-refractivity contribution in [1.82, 2.24) is 5.32 Å². The van der Waals surface area contributed by atoms with Gasteiger partial charge in [-0.2, -0.15) is 0 Å². The number of rotatable bonds is 3. The largest absolute Gasteiger partial charge is 0.368 e. The van der Waals surface area contributed by atoms with Crippen LogP contribution in [0.4, 0.5) is 10.1 Å². The molecule has 18 heavy (non-hydrogen) atoms. The van der Waals surface area contributed by atoms with Crippen LogP contribution in [0.3, 0.4) is 0 Å². The van der Waals surface area contributed by atoms with Crippen LogP contribution < -0.4 is 10.2 Å². The van der Waals surface area contributed by atoms with E-state index in [1.165, 1.54) is 12.1 Å². The van der Waals surface area contributed by atoms with Gasteiger partial charge in [-0.1, -0.05) is 25.4 Å². The molecule has 5 heteroatoms. The number of benzene rings is 1. The topological polar surface area (TPSA) is 15.3 Å². The zero-order chi connectivity index (χ0) is 13.3. The van der Waals surface area contributed by atoms with Gasteiger partial charge in [0.2, 0.25) is 0 Å². The Morgan fingerprint density at radius 2 is 2.22 bits per heavy atom. The average molecular weight is 336 g/mol. The maximum atomic E-state index is 13.2. The maximum Gasteiger partial charge on any atom is 0.125 e. The first-order chi connectivity index (χ1) is 8.47. The molecule has 1 atom stereocenters. The lowest BCUT2D eigenvalue weighted by Crippen LogP contribution is -2.37. The number of nitrogens with zero attached hydrogens (tertiary/aromatic N) is 1. The van der Waals surface area contributed by atoms with Crippen molar-refractivity contribution in [3.8, 4) is 0 Å². The lowest BCUT2D eigenvalue weighted by molar-refractivity contribution is 0.492. The number of halogens is 3. The van der Waals surface area contributed by atoms with Gasteiger partial charge in [-0.15, -0.1) is 0 Å². The summed E-state index contributed by atoms with van der Waals surface area (Å²) in [7, 11) is 0. The highest BCUT2D eigenvalue weighted by molar-refractivity contribution is 9.10. The van der Waals surface area contributed by atoms with Crippen LogP contribution >= 0.6 is 27.5 Å². The first kappa shape index (κ1) is 14.1. The molecular formula is C13H17BrClFN2. The smallest absolute Gasteiger partial charge is 0.125 e. The van der Waals surface area contributed by atoms with Crippen molar-refractivity contribution >= 4 is 33.2 Å². The van der Waals surface area contributed by atoms with Gasteiger partial charge in [-0.05, 0) is 34.5 Å². The van der Waals surface area contributed by atoms with E-state index in [-0.39, 0.29) is 5.82 Å². The summed E-state index contributed by atoms with van der Waals surface area (Å²) in [5, 5.41) is 3.98. The minimum absolute atomic E-state index is 0.313. The standard InChI is InChI=1S/C13H17BrClFN2/c1-8(2)17-10-3-4-18(7-10)13-11(14)5-9(16)6-12(13)15/h5-6,8,10,17H,3-4,7H2,1-2H3. The zero-order valence-corrected chi connectivity index (χ0v) is 12.9. The van der Waals surface area contributed by atoms with Crippen LogP contribution in [0.15, 0.2) is 16.6 Å². The molecule has 0 saturated carbocycles. The summed E-state index contributed by atoms with van der Waals surface area (Å²) in [6.45, 7) is 6.13. The summed E-state index contributed by atoms with van der Waals surface area (Å²) < 4.78 is 13.9. The van der Waals surface area contributed by atoms with E-state index in [4.69, 9.17) is 11.6 Å². The molecule has 1 fully saturated rings. The van der Waals surface area contributed by atoms with E-state index in [2.05, 4.69) is 40.0 Å². The molecule has 0 aromatic heterocycles. The Balaban J connectivity index is 2.14. The van der Waals surface area contributed by atoms with Crippen LogP contribution in [0.1, 0.15) is 20.3 Å². The lowest BCUT2D eigenvalue weighted by atomic mass is 10.2. The molecule has 0 spiro atoms. The molecule has 1 saturated heterocycles. The fourth-order valence-electron chi connectivity index (χ4n) is 2.41. The van der Waals surface area contributed by atoms with Crippen molar-refractivity contribution in [2.24, 2.45) is 0 Å². The number of nitrogens with one attached hydrogen (secondary N) is 1. The summed E-state index contributed by atoms with van der Waals surface area (Å²) in [5.74, 6) is -0.313. The first-order valence-electron chi connectivity index (χ1n) is 6.13. The molecule has 1 N–H and O–H groups in total. The monoisotopic (exact) mass is 334 g/mol. The van der Waals surface area contributed by atoms with E-state index in [1.54, 1.807) is 0 Å². The predicted molar refractivity (Wildman–Crippen MR) is 78.0 cm³/mol. The summed E-state index contributed by atoms with van der Waals surface area (Å²) in [6.07, 6.45) is 1.08. The van der Waals surface area contributed by atoms with Crippen LogP contribution in [0.2, 0.25) is 5.02 Å². The molecule has 1 aromatic carbocycles. The number of hydrogen-bond donors (Lipinski definition) is 1. The van der Waals surface area contributed by atoms with Gasteiger partial charge in [-0.25, -0.2) is 4.39 Å². The second kappa shape index (κ2) is 5.76. The molecule has 0 bridgehead atoms. The van der Waals surface area contributed by atoms with Crippen molar-refractivity contribution in [2.75, 3.05) is 18.0 Å². The Morgan fingerprint density at radius 3 is 2.83 bits per heavy atom. The highest BCUT2D eigenvalue weighted by Gasteiger charge is 2.26. The molecule has 1 unspecified atom stereocenters. The van der Waals surface area contributed by atoms with Gasteiger partial charge in [0.15, 0.2) is 0 Å². The quantitative estimate of drug-likeness (QED) is 0.903. The molecule has 1 aromatic rings. The molecule has 0 aliphatic carbocycles. The van der Waals surface area contributed by atoms with Crippen molar-refractivity contribution in [2.45, 2.75) is 32.4 Å². The number of anilines is 1. The van der Waals surface area contributed by atoms with Gasteiger partial charge in [-0.3, -0.25) is 0 Å². The molecule has 1 aliphatic heterocycles. The van der Waals surface area contributed by atoms with Crippen LogP contribution in [-0.4, -0.2) is 25.2 Å². The van der Waals surface area contributed by atoms with E-state index >= 15 is 0 Å². The second-order valence-electron chi connectivity index (χ2n) is 4.97. The summed E-state index contributed by atoms with van der Waals surface area (Å²) >= 11 is 9.53. The van der Waals surface area contributed by atoms with Crippen molar-refractivity contribution in [3.63, 3.8) is 0 Å². The first-order valence-corrected chi connectivity index (χ1v) is 7.30. The Morgan fingerprint density at radius 1 is 1.50 bits per heavy atom. The normalized spacial score (nSPS) is 19.9. The Labute approximate surface area is 121 Å². The second-order valence-corrected chi connectivity index (χ2v) is 6.23. The Bertz CT molecular complexity index is 416. The third kappa shape index (κ3) is 3.16. The van der Waals surface area contributed by atoms with Gasteiger partial charge < -0.3 is 10.2 Å². The van der Waals surface area contributed by atoms with Crippen molar-refractivity contribution < 1.29 is 4.39 Å². The highest BCUT2D eigenvalue weighted by Crippen LogP contribution is 2.36. The molecule has 2 rings (SSSR count). The third-order valence-corrected chi connectivity index (χ3v) is 3.95. The van der Waals surface area contributed by atoms with Gasteiger partial charge in [0.1, 0.15) is 5.82 Å². The summed E-state index contributed by atoms with van der Waals surface area (Å²) in [4.78, 5) is 2.20. The van der Waals surface area contributed by atoms with E-state index in [0.717, 1.165) is 29.7 Å². The van der Waals surface area contributed by atoms with Gasteiger partial charge in [0.05, 0.1) is 10.7 Å². The SMILES string of the molecule is CC(C)NC1CCN(c2c(Cl)cc(F)cc2Br)C1. The Hall–Kier alpha value is -0.320. The van der Waals surface area contributed by atoms with Crippen LogP contribution in [-0.2, 0) is 0 Å². The van der Waals surface area contributed by atoms with Crippen LogP contribution in [0, 0.1) is 5.82 Å². The average Bonchev–Trinajstić information content (AvgIpc) is 2.63. The number of hydrogen-bond acceptors (Lipinski definition) is 2. The van der Waals surface area contributed by atoms with Crippen molar-refractivity contribution in [3.05, 3.63) is 27.4 Å². The van der Waals surface area contributed by atoms with Crippen molar-refractivity contribution in [1.29, 1.82) is 0 Å². The molecule has 2 nitrogen and oxygen atoms in total. The van der Waals surface area contributed by atoms with Gasteiger partial charge in [0, 0.05) is 29.6 Å². The van der Waals surface area contributed by atoms with Crippen LogP contribution in [0.5, 0.6) is 0 Å². The highest BCUT2D eigenvalue weighted by atomic mass is 79.9. The maximum absolute atomic E-state index is 13.2. The fourth-order valence-corrected chi connectivity index (χ4v) is 3.53. The summed E-state index contributed by atoms with van der Waals surface area (Å²) in [5.41, 5.74) is 0.895. The zero-order valence-electron chi connectivity index (χ0n) is 10.5. The van der Waals surface area contributed by atoms with Gasteiger partial charge >= 0.3 is 0 Å². The molecule has 1 aliphatic rings. The fraction of sp³-hybridized carbons (Fsp3) is 0.538. The minimum Gasteiger partial charge on any atom is -0.368 e. The van der Waals surface area contributed by atoms with Gasteiger partial charge in [0.25, 0.3) is 0 Å².